The fraction of sp³-hybridized carbons (Fsp3) is 0.385. The predicted octanol–water partition coefficient (Wildman–Crippen LogP) is 4.34. The minimum absolute atomic E-state index is 0.212. The summed E-state index contributed by atoms with van der Waals surface area (Å²) in [5.41, 5.74) is 2.51. The molecule has 1 atom stereocenters. The molecule has 0 saturated heterocycles. The quantitative estimate of drug-likeness (QED) is 0.912. The molecule has 0 aliphatic heterocycles. The number of rotatable bonds is 3. The lowest BCUT2D eigenvalue weighted by Gasteiger charge is -2.15. The molecule has 2 nitrogen and oxygen atoms in total. The molecule has 0 aromatic carbocycles. The van der Waals surface area contributed by atoms with Gasteiger partial charge in [-0.25, -0.2) is 0 Å². The molecule has 0 radical (unpaired) electrons. The lowest BCUT2D eigenvalue weighted by Crippen LogP contribution is -2.17. The van der Waals surface area contributed by atoms with E-state index in [2.05, 4.69) is 40.3 Å². The van der Waals surface area contributed by atoms with Crippen LogP contribution in [0.2, 0.25) is 0 Å². The summed E-state index contributed by atoms with van der Waals surface area (Å²) in [6.45, 7) is 6.17. The molecule has 2 heterocycles. The first kappa shape index (κ1) is 12.9. The minimum atomic E-state index is 0.212. The summed E-state index contributed by atoms with van der Waals surface area (Å²) in [6.07, 6.45) is 0. The van der Waals surface area contributed by atoms with Gasteiger partial charge in [0, 0.05) is 10.4 Å². The van der Waals surface area contributed by atoms with Gasteiger partial charge in [0.1, 0.15) is 11.5 Å². The summed E-state index contributed by atoms with van der Waals surface area (Å²) in [6, 6.07) is 4.45. The van der Waals surface area contributed by atoms with Gasteiger partial charge in [-0.05, 0) is 61.4 Å². The second-order valence-electron chi connectivity index (χ2n) is 4.12. The molecular weight excluding hydrogens is 298 g/mol. The molecule has 1 N–H and O–H groups in total. The summed E-state index contributed by atoms with van der Waals surface area (Å²) in [5, 5.41) is 3.37. The highest BCUT2D eigenvalue weighted by Gasteiger charge is 2.22. The number of hydrogen-bond donors (Lipinski definition) is 1. The van der Waals surface area contributed by atoms with Crippen LogP contribution >= 0.6 is 27.3 Å². The van der Waals surface area contributed by atoms with E-state index in [1.54, 1.807) is 11.3 Å². The van der Waals surface area contributed by atoms with Gasteiger partial charge >= 0.3 is 0 Å². The maximum Gasteiger partial charge on any atom is 0.106 e. The van der Waals surface area contributed by atoms with Gasteiger partial charge in [-0.2, -0.15) is 0 Å². The van der Waals surface area contributed by atoms with E-state index in [0.29, 0.717) is 0 Å². The maximum atomic E-state index is 5.71. The van der Waals surface area contributed by atoms with Gasteiger partial charge in [0.25, 0.3) is 0 Å². The Kier molecular flexibility index (Phi) is 3.76. The number of furan rings is 1. The van der Waals surface area contributed by atoms with Gasteiger partial charge in [-0.15, -0.1) is 11.3 Å². The minimum Gasteiger partial charge on any atom is -0.466 e. The van der Waals surface area contributed by atoms with Crippen LogP contribution in [0.5, 0.6) is 0 Å². The van der Waals surface area contributed by atoms with Crippen LogP contribution in [0, 0.1) is 20.8 Å². The molecule has 2 aromatic rings. The van der Waals surface area contributed by atoms with Crippen molar-refractivity contribution < 1.29 is 4.42 Å². The van der Waals surface area contributed by atoms with Crippen LogP contribution in [0.1, 0.15) is 33.6 Å². The predicted molar refractivity (Wildman–Crippen MR) is 75.8 cm³/mol. The average molecular weight is 314 g/mol. The van der Waals surface area contributed by atoms with Gasteiger partial charge in [-0.3, -0.25) is 0 Å². The van der Waals surface area contributed by atoms with Gasteiger partial charge < -0.3 is 9.73 Å². The zero-order valence-electron chi connectivity index (χ0n) is 10.4. The summed E-state index contributed by atoms with van der Waals surface area (Å²) in [4.78, 5) is 1.30. The third-order valence-corrected chi connectivity index (χ3v) is 4.76. The average Bonchev–Trinajstić information content (AvgIpc) is 2.79. The fourth-order valence-electron chi connectivity index (χ4n) is 2.15. The largest absolute Gasteiger partial charge is 0.466 e. The van der Waals surface area contributed by atoms with Crippen LogP contribution in [0.4, 0.5) is 0 Å². The van der Waals surface area contributed by atoms with Crippen molar-refractivity contribution in [2.75, 3.05) is 7.05 Å². The molecule has 0 amide bonds. The van der Waals surface area contributed by atoms with Crippen LogP contribution in [0.3, 0.4) is 0 Å². The molecular formula is C13H16BrNOS. The third-order valence-electron chi connectivity index (χ3n) is 3.07. The van der Waals surface area contributed by atoms with Gasteiger partial charge in [0.2, 0.25) is 0 Å². The van der Waals surface area contributed by atoms with E-state index >= 15 is 0 Å². The number of halogens is 1. The van der Waals surface area contributed by atoms with Crippen molar-refractivity contribution in [2.24, 2.45) is 0 Å². The molecule has 0 aliphatic carbocycles. The molecule has 1 unspecified atom stereocenters. The molecule has 2 rings (SSSR count). The van der Waals surface area contributed by atoms with E-state index in [4.69, 9.17) is 4.42 Å². The Morgan fingerprint density at radius 2 is 1.94 bits per heavy atom. The van der Waals surface area contributed by atoms with Crippen LogP contribution in [-0.2, 0) is 0 Å². The van der Waals surface area contributed by atoms with E-state index in [1.807, 2.05) is 20.9 Å². The van der Waals surface area contributed by atoms with Crippen molar-refractivity contribution in [1.82, 2.24) is 5.32 Å². The van der Waals surface area contributed by atoms with E-state index in [-0.39, 0.29) is 6.04 Å². The van der Waals surface area contributed by atoms with Crippen LogP contribution < -0.4 is 5.32 Å². The van der Waals surface area contributed by atoms with Crippen molar-refractivity contribution in [3.63, 3.8) is 0 Å². The van der Waals surface area contributed by atoms with Crippen LogP contribution in [0.15, 0.2) is 20.3 Å². The molecule has 0 bridgehead atoms. The standard InChI is InChI=1S/C13H16BrNOS/c1-7-8(2)16-9(3)12(7)13(15-4)10-5-6-11(14)17-10/h5-6,13,15H,1-4H3. The zero-order chi connectivity index (χ0) is 12.6. The maximum absolute atomic E-state index is 5.71. The van der Waals surface area contributed by atoms with E-state index in [0.717, 1.165) is 15.3 Å². The first-order valence-corrected chi connectivity index (χ1v) is 7.14. The molecule has 0 fully saturated rings. The molecule has 0 spiro atoms. The molecule has 2 aromatic heterocycles. The van der Waals surface area contributed by atoms with Gasteiger partial charge in [-0.1, -0.05) is 0 Å². The smallest absolute Gasteiger partial charge is 0.106 e. The highest BCUT2D eigenvalue weighted by atomic mass is 79.9. The van der Waals surface area contributed by atoms with Crippen LogP contribution in [0.25, 0.3) is 0 Å². The zero-order valence-corrected chi connectivity index (χ0v) is 12.8. The first-order valence-electron chi connectivity index (χ1n) is 5.53. The number of aryl methyl sites for hydroxylation is 2. The Morgan fingerprint density at radius 3 is 2.35 bits per heavy atom. The summed E-state index contributed by atoms with van der Waals surface area (Å²) < 4.78 is 6.87. The Bertz CT molecular complexity index is 530. The summed E-state index contributed by atoms with van der Waals surface area (Å²) in [7, 11) is 1.99. The second kappa shape index (κ2) is 4.96. The van der Waals surface area contributed by atoms with Crippen molar-refractivity contribution >= 4 is 27.3 Å². The van der Waals surface area contributed by atoms with E-state index < -0.39 is 0 Å². The Balaban J connectivity index is 2.49. The topological polar surface area (TPSA) is 25.2 Å². The lowest BCUT2D eigenvalue weighted by atomic mass is 10.0. The van der Waals surface area contributed by atoms with Crippen LogP contribution in [-0.4, -0.2) is 7.05 Å². The monoisotopic (exact) mass is 313 g/mol. The Labute approximate surface area is 114 Å². The highest BCUT2D eigenvalue weighted by Crippen LogP contribution is 2.35. The fourth-order valence-corrected chi connectivity index (χ4v) is 3.69. The van der Waals surface area contributed by atoms with Crippen molar-refractivity contribution in [1.29, 1.82) is 0 Å². The van der Waals surface area contributed by atoms with E-state index in [1.165, 1.54) is 16.0 Å². The third kappa shape index (κ3) is 2.34. The van der Waals surface area contributed by atoms with Gasteiger partial charge in [0.05, 0.1) is 9.83 Å². The van der Waals surface area contributed by atoms with Gasteiger partial charge in [0.15, 0.2) is 0 Å². The molecule has 0 aliphatic rings. The number of nitrogens with one attached hydrogen (secondary N) is 1. The number of hydrogen-bond acceptors (Lipinski definition) is 3. The summed E-state index contributed by atoms with van der Waals surface area (Å²) in [5.74, 6) is 2.01. The van der Waals surface area contributed by atoms with Crippen molar-refractivity contribution in [2.45, 2.75) is 26.8 Å². The van der Waals surface area contributed by atoms with Crippen molar-refractivity contribution in [3.8, 4) is 0 Å². The Hall–Kier alpha value is -0.580. The van der Waals surface area contributed by atoms with E-state index in [9.17, 15) is 0 Å². The normalized spacial score (nSPS) is 13.0. The lowest BCUT2D eigenvalue weighted by molar-refractivity contribution is 0.496. The SMILES string of the molecule is CNC(c1ccc(Br)s1)c1c(C)oc(C)c1C. The molecule has 0 saturated carbocycles. The summed E-state index contributed by atoms with van der Waals surface area (Å²) >= 11 is 5.27. The highest BCUT2D eigenvalue weighted by molar-refractivity contribution is 9.11. The molecule has 4 heteroatoms. The van der Waals surface area contributed by atoms with Crippen molar-refractivity contribution in [3.05, 3.63) is 43.4 Å². The second-order valence-corrected chi connectivity index (χ2v) is 6.61. The molecule has 92 valence electrons. The Morgan fingerprint density at radius 1 is 1.24 bits per heavy atom. The first-order chi connectivity index (χ1) is 8.04. The number of thiophene rings is 1. The molecule has 17 heavy (non-hydrogen) atoms.